The summed E-state index contributed by atoms with van der Waals surface area (Å²) < 4.78 is 3.64. The lowest BCUT2D eigenvalue weighted by Gasteiger charge is -2.42. The first-order valence-corrected chi connectivity index (χ1v) is 7.10. The summed E-state index contributed by atoms with van der Waals surface area (Å²) in [6.45, 7) is 0.932. The van der Waals surface area contributed by atoms with Crippen LogP contribution in [0.2, 0.25) is 0 Å². The molecule has 1 aromatic heterocycles. The largest absolute Gasteiger partial charge is 0.416 e. The number of hydrogen-bond acceptors (Lipinski definition) is 1. The third-order valence-corrected chi connectivity index (χ3v) is 4.48. The van der Waals surface area contributed by atoms with Gasteiger partial charge in [0.1, 0.15) is 12.4 Å². The molecule has 2 heterocycles. The molecule has 2 aliphatic rings. The Balaban J connectivity index is 1.79. The highest BCUT2D eigenvalue weighted by molar-refractivity contribution is 5.77. The quantitative estimate of drug-likeness (QED) is 0.645. The maximum Gasteiger partial charge on any atom is 0.416 e. The van der Waals surface area contributed by atoms with Crippen LogP contribution in [-0.2, 0) is 7.05 Å². The number of carbonyl (C=O) groups is 1. The number of rotatable bonds is 0. The van der Waals surface area contributed by atoms with Crippen LogP contribution in [0, 0.1) is 5.92 Å². The van der Waals surface area contributed by atoms with Crippen LogP contribution in [-0.4, -0.2) is 28.1 Å². The molecule has 3 rings (SSSR count). The molecule has 1 aliphatic carbocycles. The van der Waals surface area contributed by atoms with Crippen molar-refractivity contribution in [3.05, 3.63) is 18.7 Å². The Morgan fingerprint density at radius 3 is 2.78 bits per heavy atom. The van der Waals surface area contributed by atoms with Crippen molar-refractivity contribution in [3.63, 3.8) is 0 Å². The van der Waals surface area contributed by atoms with Crippen LogP contribution in [0.1, 0.15) is 38.5 Å². The number of imidazole rings is 1. The normalized spacial score (nSPS) is 27.9. The second-order valence-corrected chi connectivity index (χ2v) is 5.72. The minimum atomic E-state index is 0.159. The standard InChI is InChI=1S/C14H22N3O/c1-15-9-10-16(11-15)14(18)17-8-4-6-12-5-2-3-7-13(12)17/h9-13H,2-8H2,1H3/q+1. The van der Waals surface area contributed by atoms with Gasteiger partial charge in [-0.15, -0.1) is 0 Å². The summed E-state index contributed by atoms with van der Waals surface area (Å²) in [5, 5.41) is 0. The summed E-state index contributed by atoms with van der Waals surface area (Å²) in [5.41, 5.74) is 0. The third-order valence-electron chi connectivity index (χ3n) is 4.48. The second kappa shape index (κ2) is 4.75. The maximum atomic E-state index is 12.5. The van der Waals surface area contributed by atoms with Crippen LogP contribution in [0.15, 0.2) is 18.7 Å². The fourth-order valence-electron chi connectivity index (χ4n) is 3.57. The van der Waals surface area contributed by atoms with E-state index >= 15 is 0 Å². The molecule has 0 aromatic carbocycles. The summed E-state index contributed by atoms with van der Waals surface area (Å²) in [6, 6.07) is 0.653. The number of amides is 1. The van der Waals surface area contributed by atoms with E-state index in [0.717, 1.165) is 12.5 Å². The van der Waals surface area contributed by atoms with E-state index in [4.69, 9.17) is 0 Å². The number of aromatic nitrogens is 2. The van der Waals surface area contributed by atoms with Crippen molar-refractivity contribution in [1.82, 2.24) is 9.47 Å². The van der Waals surface area contributed by atoms with E-state index in [-0.39, 0.29) is 6.03 Å². The van der Waals surface area contributed by atoms with Gasteiger partial charge in [0.15, 0.2) is 0 Å². The second-order valence-electron chi connectivity index (χ2n) is 5.72. The van der Waals surface area contributed by atoms with Crippen LogP contribution in [0.4, 0.5) is 4.79 Å². The van der Waals surface area contributed by atoms with Crippen LogP contribution in [0.25, 0.3) is 0 Å². The van der Waals surface area contributed by atoms with Gasteiger partial charge in [0.2, 0.25) is 0 Å². The van der Waals surface area contributed by atoms with Crippen molar-refractivity contribution >= 4 is 6.03 Å². The molecule has 0 bridgehead atoms. The number of likely N-dealkylation sites (tertiary alicyclic amines) is 1. The van der Waals surface area contributed by atoms with Crippen molar-refractivity contribution in [2.45, 2.75) is 44.6 Å². The zero-order valence-corrected chi connectivity index (χ0v) is 11.1. The summed E-state index contributed by atoms with van der Waals surface area (Å²) in [6.07, 6.45) is 13.3. The first-order chi connectivity index (χ1) is 8.75. The molecule has 0 radical (unpaired) electrons. The molecule has 4 nitrogen and oxygen atoms in total. The topological polar surface area (TPSA) is 29.1 Å². The van der Waals surface area contributed by atoms with Gasteiger partial charge in [0.25, 0.3) is 6.33 Å². The minimum Gasteiger partial charge on any atom is -0.301 e. The number of aryl methyl sites for hydroxylation is 1. The summed E-state index contributed by atoms with van der Waals surface area (Å²) in [5.74, 6) is 0.751. The Labute approximate surface area is 108 Å². The third kappa shape index (κ3) is 2.04. The number of nitrogens with zero attached hydrogens (tertiary/aromatic N) is 3. The van der Waals surface area contributed by atoms with Crippen molar-refractivity contribution in [3.8, 4) is 0 Å². The molecule has 1 aliphatic heterocycles. The van der Waals surface area contributed by atoms with Gasteiger partial charge in [-0.25, -0.2) is 9.36 Å². The molecule has 4 heteroatoms. The lowest BCUT2D eigenvalue weighted by Crippen LogP contribution is -2.51. The van der Waals surface area contributed by atoms with E-state index < -0.39 is 0 Å². The van der Waals surface area contributed by atoms with Crippen molar-refractivity contribution in [1.29, 1.82) is 0 Å². The molecule has 1 saturated carbocycles. The molecule has 2 atom stereocenters. The Morgan fingerprint density at radius 2 is 2.00 bits per heavy atom. The number of fused-ring (bicyclic) bond motifs is 1. The van der Waals surface area contributed by atoms with E-state index in [9.17, 15) is 4.79 Å². The van der Waals surface area contributed by atoms with Crippen molar-refractivity contribution in [2.24, 2.45) is 13.0 Å². The van der Waals surface area contributed by atoms with Crippen LogP contribution >= 0.6 is 0 Å². The lowest BCUT2D eigenvalue weighted by molar-refractivity contribution is -0.670. The first kappa shape index (κ1) is 11.8. The zero-order valence-electron chi connectivity index (χ0n) is 11.1. The van der Waals surface area contributed by atoms with E-state index in [0.29, 0.717) is 6.04 Å². The van der Waals surface area contributed by atoms with Crippen molar-refractivity contribution in [2.75, 3.05) is 6.54 Å². The lowest BCUT2D eigenvalue weighted by atomic mass is 9.78. The zero-order chi connectivity index (χ0) is 12.5. The monoisotopic (exact) mass is 248 g/mol. The predicted molar refractivity (Wildman–Crippen MR) is 68.1 cm³/mol. The molecule has 0 spiro atoms. The highest BCUT2D eigenvalue weighted by Crippen LogP contribution is 2.35. The SMILES string of the molecule is C[n+]1ccn(C(=O)N2CCCC3CCCCC32)c1. The molecular weight excluding hydrogens is 226 g/mol. The van der Waals surface area contributed by atoms with Crippen LogP contribution < -0.4 is 4.57 Å². The Hall–Kier alpha value is -1.32. The van der Waals surface area contributed by atoms with Gasteiger partial charge in [0, 0.05) is 12.6 Å². The first-order valence-electron chi connectivity index (χ1n) is 7.10. The van der Waals surface area contributed by atoms with Gasteiger partial charge in [-0.05, 0) is 31.6 Å². The molecule has 18 heavy (non-hydrogen) atoms. The van der Waals surface area contributed by atoms with Gasteiger partial charge in [-0.1, -0.05) is 12.8 Å². The van der Waals surface area contributed by atoms with E-state index in [1.165, 1.54) is 38.5 Å². The molecule has 1 saturated heterocycles. The molecular formula is C14H22N3O+. The van der Waals surface area contributed by atoms with Gasteiger partial charge in [-0.3, -0.25) is 0 Å². The number of carbonyl (C=O) groups excluding carboxylic acids is 1. The summed E-state index contributed by atoms with van der Waals surface area (Å²) >= 11 is 0. The average molecular weight is 248 g/mol. The molecule has 0 N–H and O–H groups in total. The van der Waals surface area contributed by atoms with E-state index in [2.05, 4.69) is 4.90 Å². The highest BCUT2D eigenvalue weighted by atomic mass is 16.2. The molecule has 1 amide bonds. The Bertz CT molecular complexity index is 438. The molecule has 2 fully saturated rings. The number of hydrogen-bond donors (Lipinski definition) is 0. The average Bonchev–Trinajstić information content (AvgIpc) is 2.84. The van der Waals surface area contributed by atoms with Crippen LogP contribution in [0.3, 0.4) is 0 Å². The Kier molecular flexibility index (Phi) is 3.10. The summed E-state index contributed by atoms with van der Waals surface area (Å²) in [7, 11) is 1.95. The van der Waals surface area contributed by atoms with Gasteiger partial charge in [-0.2, -0.15) is 4.57 Å². The predicted octanol–water partition coefficient (Wildman–Crippen LogP) is 1.94. The van der Waals surface area contributed by atoms with Gasteiger partial charge < -0.3 is 4.90 Å². The molecule has 2 unspecified atom stereocenters. The number of piperidine rings is 1. The Morgan fingerprint density at radius 1 is 1.22 bits per heavy atom. The smallest absolute Gasteiger partial charge is 0.301 e. The molecule has 98 valence electrons. The maximum absolute atomic E-state index is 12.5. The van der Waals surface area contributed by atoms with Gasteiger partial charge >= 0.3 is 6.03 Å². The minimum absolute atomic E-state index is 0.159. The summed E-state index contributed by atoms with van der Waals surface area (Å²) in [4.78, 5) is 14.7. The fourth-order valence-corrected chi connectivity index (χ4v) is 3.57. The van der Waals surface area contributed by atoms with E-state index in [1.54, 1.807) is 4.57 Å². The highest BCUT2D eigenvalue weighted by Gasteiger charge is 2.37. The molecule has 1 aromatic rings. The van der Waals surface area contributed by atoms with E-state index in [1.807, 2.05) is 30.3 Å². The van der Waals surface area contributed by atoms with Gasteiger partial charge in [0.05, 0.1) is 7.05 Å². The van der Waals surface area contributed by atoms with Crippen molar-refractivity contribution < 1.29 is 9.36 Å². The van der Waals surface area contributed by atoms with Crippen LogP contribution in [0.5, 0.6) is 0 Å². The fraction of sp³-hybridized carbons (Fsp3) is 0.714.